The number of benzene rings is 3. The molecule has 2 bridgehead atoms. The Morgan fingerprint density at radius 3 is 2.38 bits per heavy atom. The number of piperidine rings is 1. The topological polar surface area (TPSA) is 29.5 Å². The zero-order chi connectivity index (χ0) is 23.2. The Morgan fingerprint density at radius 1 is 1.00 bits per heavy atom. The van der Waals surface area contributed by atoms with E-state index in [9.17, 15) is 9.18 Å². The van der Waals surface area contributed by atoms with Crippen molar-refractivity contribution in [2.24, 2.45) is 0 Å². The Morgan fingerprint density at radius 2 is 1.71 bits per heavy atom. The molecule has 1 amide bonds. The van der Waals surface area contributed by atoms with Crippen LogP contribution in [0.2, 0.25) is 0 Å². The van der Waals surface area contributed by atoms with Gasteiger partial charge in [-0.05, 0) is 83.7 Å². The largest absolute Gasteiger partial charge is 0.448 e. The molecule has 2 atom stereocenters. The molecule has 0 radical (unpaired) electrons. The zero-order valence-corrected chi connectivity index (χ0v) is 19.3. The number of rotatable bonds is 3. The summed E-state index contributed by atoms with van der Waals surface area (Å²) in [5.74, 6) is -0.151. The molecule has 1 saturated heterocycles. The summed E-state index contributed by atoms with van der Waals surface area (Å²) < 4.78 is 20.0. The maximum Gasteiger partial charge on any atom is 0.410 e. The van der Waals surface area contributed by atoms with Crippen molar-refractivity contribution in [3.05, 3.63) is 101 Å². The van der Waals surface area contributed by atoms with E-state index in [2.05, 4.69) is 54.6 Å². The molecule has 3 aromatic rings. The van der Waals surface area contributed by atoms with Crippen molar-refractivity contribution in [2.75, 3.05) is 6.61 Å². The van der Waals surface area contributed by atoms with E-state index in [4.69, 9.17) is 4.74 Å². The lowest BCUT2D eigenvalue weighted by atomic mass is 9.83. The van der Waals surface area contributed by atoms with Crippen molar-refractivity contribution >= 4 is 11.7 Å². The Hall–Kier alpha value is -3.40. The van der Waals surface area contributed by atoms with Crippen LogP contribution in [0.4, 0.5) is 9.18 Å². The first-order chi connectivity index (χ1) is 16.6. The summed E-state index contributed by atoms with van der Waals surface area (Å²) in [6.07, 6.45) is 5.62. The standard InChI is InChI=1S/C30H28FNO2/c1-19-13-20(15-22(31)14-19)21-16-23-7-6-8-24(17-21)32(23)30(33)34-18-29-27-11-4-2-9-25(27)26-10-3-5-12-28(26)29/h2-5,9-16,23-24,29H,6-8,17-18H2,1H3. The van der Waals surface area contributed by atoms with E-state index < -0.39 is 0 Å². The van der Waals surface area contributed by atoms with Crippen LogP contribution in [0.25, 0.3) is 16.7 Å². The highest BCUT2D eigenvalue weighted by atomic mass is 19.1. The molecule has 3 nitrogen and oxygen atoms in total. The summed E-state index contributed by atoms with van der Waals surface area (Å²) in [4.78, 5) is 15.3. The van der Waals surface area contributed by atoms with Gasteiger partial charge < -0.3 is 4.74 Å². The van der Waals surface area contributed by atoms with Crippen molar-refractivity contribution in [3.63, 3.8) is 0 Å². The maximum atomic E-state index is 14.0. The first-order valence-electron chi connectivity index (χ1n) is 12.2. The molecule has 0 saturated carbocycles. The summed E-state index contributed by atoms with van der Waals surface area (Å²) in [5.41, 5.74) is 7.89. The van der Waals surface area contributed by atoms with E-state index in [0.717, 1.165) is 42.4 Å². The third-order valence-corrected chi connectivity index (χ3v) is 7.60. The summed E-state index contributed by atoms with van der Waals surface area (Å²) in [7, 11) is 0. The van der Waals surface area contributed by atoms with Gasteiger partial charge in [-0.2, -0.15) is 0 Å². The number of hydrogen-bond acceptors (Lipinski definition) is 2. The smallest absolute Gasteiger partial charge is 0.410 e. The van der Waals surface area contributed by atoms with Crippen LogP contribution in [0.15, 0.2) is 72.8 Å². The normalized spacial score (nSPS) is 21.0. The monoisotopic (exact) mass is 453 g/mol. The van der Waals surface area contributed by atoms with Crippen LogP contribution < -0.4 is 0 Å². The molecular weight excluding hydrogens is 425 g/mol. The quantitative estimate of drug-likeness (QED) is 0.424. The maximum absolute atomic E-state index is 14.0. The highest BCUT2D eigenvalue weighted by Gasteiger charge is 2.39. The number of aryl methyl sites for hydroxylation is 1. The molecule has 1 fully saturated rings. The fraction of sp³-hybridized carbons (Fsp3) is 0.300. The molecule has 1 aliphatic carbocycles. The van der Waals surface area contributed by atoms with Crippen molar-refractivity contribution in [3.8, 4) is 11.1 Å². The van der Waals surface area contributed by atoms with Crippen LogP contribution in [0, 0.1) is 12.7 Å². The lowest BCUT2D eigenvalue weighted by Crippen LogP contribution is -2.51. The van der Waals surface area contributed by atoms with Gasteiger partial charge in [-0.15, -0.1) is 0 Å². The zero-order valence-electron chi connectivity index (χ0n) is 19.3. The molecule has 3 aliphatic rings. The second-order valence-corrected chi connectivity index (χ2v) is 9.78. The Kier molecular flexibility index (Phi) is 5.24. The molecule has 172 valence electrons. The van der Waals surface area contributed by atoms with Crippen LogP contribution in [0.1, 0.15) is 53.9 Å². The fourth-order valence-electron chi connectivity index (χ4n) is 6.12. The minimum atomic E-state index is -0.234. The van der Waals surface area contributed by atoms with Crippen LogP contribution in [0.3, 0.4) is 0 Å². The van der Waals surface area contributed by atoms with Crippen LogP contribution in [-0.4, -0.2) is 29.7 Å². The Balaban J connectivity index is 1.22. The Bertz CT molecular complexity index is 1230. The number of ether oxygens (including phenoxy) is 1. The number of hydrogen-bond donors (Lipinski definition) is 0. The van der Waals surface area contributed by atoms with Gasteiger partial charge >= 0.3 is 6.09 Å². The van der Waals surface area contributed by atoms with E-state index in [1.807, 2.05) is 17.9 Å². The van der Waals surface area contributed by atoms with Gasteiger partial charge in [0.25, 0.3) is 0 Å². The molecule has 0 N–H and O–H groups in total. The van der Waals surface area contributed by atoms with Crippen molar-refractivity contribution in [1.29, 1.82) is 0 Å². The van der Waals surface area contributed by atoms with Crippen molar-refractivity contribution < 1.29 is 13.9 Å². The van der Waals surface area contributed by atoms with E-state index in [-0.39, 0.29) is 29.9 Å². The minimum absolute atomic E-state index is 0.00160. The molecule has 3 aromatic carbocycles. The molecule has 34 heavy (non-hydrogen) atoms. The molecule has 0 spiro atoms. The van der Waals surface area contributed by atoms with Gasteiger partial charge in [0.2, 0.25) is 0 Å². The molecule has 2 heterocycles. The van der Waals surface area contributed by atoms with Crippen LogP contribution >= 0.6 is 0 Å². The highest BCUT2D eigenvalue weighted by Crippen LogP contribution is 2.45. The first-order valence-corrected chi connectivity index (χ1v) is 12.2. The molecule has 2 aliphatic heterocycles. The number of halogens is 1. The number of carbonyl (C=O) groups excluding carboxylic acids is 1. The van der Waals surface area contributed by atoms with Gasteiger partial charge in [-0.25, -0.2) is 9.18 Å². The van der Waals surface area contributed by atoms with Crippen molar-refractivity contribution in [2.45, 2.75) is 50.6 Å². The van der Waals surface area contributed by atoms with Gasteiger partial charge in [-0.1, -0.05) is 60.7 Å². The van der Waals surface area contributed by atoms with Crippen molar-refractivity contribution in [1.82, 2.24) is 4.90 Å². The molecule has 4 heteroatoms. The second kappa shape index (κ2) is 8.43. The fourth-order valence-corrected chi connectivity index (χ4v) is 6.12. The number of fused-ring (bicyclic) bond motifs is 5. The van der Waals surface area contributed by atoms with E-state index >= 15 is 0 Å². The average Bonchev–Trinajstić information content (AvgIpc) is 3.15. The van der Waals surface area contributed by atoms with Gasteiger partial charge in [0, 0.05) is 12.0 Å². The van der Waals surface area contributed by atoms with E-state index in [1.165, 1.54) is 22.3 Å². The van der Waals surface area contributed by atoms with Gasteiger partial charge in [0.15, 0.2) is 0 Å². The summed E-state index contributed by atoms with van der Waals surface area (Å²) in [6, 6.07) is 22.1. The first kappa shape index (κ1) is 21.2. The van der Waals surface area contributed by atoms with E-state index in [1.54, 1.807) is 12.1 Å². The molecule has 6 rings (SSSR count). The van der Waals surface area contributed by atoms with Crippen LogP contribution in [-0.2, 0) is 4.74 Å². The SMILES string of the molecule is Cc1cc(F)cc(C2=CC3CCCC(C2)N3C(=O)OCC2c3ccccc3-c3ccccc32)c1. The van der Waals surface area contributed by atoms with Gasteiger partial charge in [0.1, 0.15) is 12.4 Å². The van der Waals surface area contributed by atoms with Gasteiger partial charge in [0.05, 0.1) is 6.04 Å². The summed E-state index contributed by atoms with van der Waals surface area (Å²) in [5, 5.41) is 0. The Labute approximate surface area is 199 Å². The predicted molar refractivity (Wildman–Crippen MR) is 132 cm³/mol. The van der Waals surface area contributed by atoms with Gasteiger partial charge in [-0.3, -0.25) is 4.90 Å². The van der Waals surface area contributed by atoms with E-state index in [0.29, 0.717) is 6.61 Å². The summed E-state index contributed by atoms with van der Waals surface area (Å²) in [6.45, 7) is 2.25. The molecular formula is C30H28FNO2. The molecule has 2 unspecified atom stereocenters. The number of amides is 1. The third kappa shape index (κ3) is 3.62. The third-order valence-electron chi connectivity index (χ3n) is 7.60. The number of nitrogens with zero attached hydrogens (tertiary/aromatic N) is 1. The predicted octanol–water partition coefficient (Wildman–Crippen LogP) is 7.09. The highest BCUT2D eigenvalue weighted by molar-refractivity contribution is 5.79. The minimum Gasteiger partial charge on any atom is -0.448 e. The lowest BCUT2D eigenvalue weighted by Gasteiger charge is -2.44. The average molecular weight is 454 g/mol. The molecule has 0 aromatic heterocycles. The van der Waals surface area contributed by atoms with Crippen LogP contribution in [0.5, 0.6) is 0 Å². The second-order valence-electron chi connectivity index (χ2n) is 9.78. The number of carbonyl (C=O) groups is 1. The lowest BCUT2D eigenvalue weighted by molar-refractivity contribution is 0.0539. The summed E-state index contributed by atoms with van der Waals surface area (Å²) >= 11 is 0.